The van der Waals surface area contributed by atoms with E-state index in [9.17, 15) is 4.79 Å². The number of furan rings is 1. The third-order valence-corrected chi connectivity index (χ3v) is 4.75. The van der Waals surface area contributed by atoms with Crippen molar-refractivity contribution in [1.29, 1.82) is 0 Å². The minimum Gasteiger partial charge on any atom is -0.486 e. The first kappa shape index (κ1) is 19.8. The maximum atomic E-state index is 12.3. The van der Waals surface area contributed by atoms with E-state index >= 15 is 0 Å². The van der Waals surface area contributed by atoms with Crippen LogP contribution in [0.5, 0.6) is 5.75 Å². The quantitative estimate of drug-likeness (QED) is 0.759. The van der Waals surface area contributed by atoms with E-state index < -0.39 is 0 Å². The summed E-state index contributed by atoms with van der Waals surface area (Å²) in [6, 6.07) is 11.2. The minimum atomic E-state index is -0.176. The van der Waals surface area contributed by atoms with Crippen molar-refractivity contribution in [3.05, 3.63) is 52.4 Å². The van der Waals surface area contributed by atoms with E-state index in [1.54, 1.807) is 12.1 Å². The molecule has 1 saturated heterocycles. The molecule has 0 radical (unpaired) electrons. The van der Waals surface area contributed by atoms with Gasteiger partial charge in [0, 0.05) is 17.1 Å². The Labute approximate surface area is 162 Å². The van der Waals surface area contributed by atoms with Gasteiger partial charge < -0.3 is 19.8 Å². The van der Waals surface area contributed by atoms with Gasteiger partial charge in [0.05, 0.1) is 0 Å². The molecule has 1 aromatic carbocycles. The zero-order chi connectivity index (χ0) is 16.9. The SMILES string of the molecule is CC1CCNCC1NC(=O)c1ccc(COc2ccc(Br)cc2)o1.Cl. The number of hydrogen-bond donors (Lipinski definition) is 2. The molecule has 0 spiro atoms. The average Bonchev–Trinajstić information content (AvgIpc) is 3.06. The third kappa shape index (κ3) is 5.49. The summed E-state index contributed by atoms with van der Waals surface area (Å²) >= 11 is 3.38. The summed E-state index contributed by atoms with van der Waals surface area (Å²) in [5.41, 5.74) is 0. The van der Waals surface area contributed by atoms with Gasteiger partial charge in [-0.25, -0.2) is 0 Å². The fourth-order valence-corrected chi connectivity index (χ4v) is 2.95. The molecule has 2 atom stereocenters. The second-order valence-corrected chi connectivity index (χ2v) is 6.97. The Morgan fingerprint density at radius 2 is 2.08 bits per heavy atom. The van der Waals surface area contributed by atoms with Crippen LogP contribution in [0.3, 0.4) is 0 Å². The second-order valence-electron chi connectivity index (χ2n) is 6.06. The van der Waals surface area contributed by atoms with Gasteiger partial charge in [-0.3, -0.25) is 4.79 Å². The molecule has 1 aliphatic heterocycles. The predicted octanol–water partition coefficient (Wildman–Crippen LogP) is 3.77. The Hall–Kier alpha value is -1.50. The molecule has 1 fully saturated rings. The molecule has 2 heterocycles. The van der Waals surface area contributed by atoms with Crippen molar-refractivity contribution in [3.8, 4) is 5.75 Å². The third-order valence-electron chi connectivity index (χ3n) is 4.22. The Morgan fingerprint density at radius 3 is 2.80 bits per heavy atom. The number of amides is 1. The summed E-state index contributed by atoms with van der Waals surface area (Å²) in [5, 5.41) is 6.34. The van der Waals surface area contributed by atoms with Crippen molar-refractivity contribution in [2.75, 3.05) is 13.1 Å². The second kappa shape index (κ2) is 9.27. The number of carbonyl (C=O) groups is 1. The molecule has 1 aliphatic rings. The van der Waals surface area contributed by atoms with Gasteiger partial charge in [0.1, 0.15) is 18.1 Å². The number of ether oxygens (including phenoxy) is 1. The summed E-state index contributed by atoms with van der Waals surface area (Å²) in [4.78, 5) is 12.3. The number of benzene rings is 1. The fourth-order valence-electron chi connectivity index (χ4n) is 2.69. The number of rotatable bonds is 5. The summed E-state index contributed by atoms with van der Waals surface area (Å²) in [7, 11) is 0. The van der Waals surface area contributed by atoms with Gasteiger partial charge in [-0.05, 0) is 55.3 Å². The monoisotopic (exact) mass is 428 g/mol. The first-order valence-corrected chi connectivity index (χ1v) is 8.90. The van der Waals surface area contributed by atoms with Crippen molar-refractivity contribution in [3.63, 3.8) is 0 Å². The first-order valence-electron chi connectivity index (χ1n) is 8.10. The van der Waals surface area contributed by atoms with Crippen molar-refractivity contribution in [2.24, 2.45) is 5.92 Å². The molecule has 25 heavy (non-hydrogen) atoms. The molecule has 0 saturated carbocycles. The smallest absolute Gasteiger partial charge is 0.287 e. The van der Waals surface area contributed by atoms with Crippen LogP contribution in [0.4, 0.5) is 0 Å². The highest BCUT2D eigenvalue weighted by Gasteiger charge is 2.24. The van der Waals surface area contributed by atoms with Gasteiger partial charge >= 0.3 is 0 Å². The topological polar surface area (TPSA) is 63.5 Å². The van der Waals surface area contributed by atoms with E-state index in [1.165, 1.54) is 0 Å². The zero-order valence-corrected chi connectivity index (χ0v) is 16.4. The molecular formula is C18H22BrClN2O3. The lowest BCUT2D eigenvalue weighted by atomic mass is 9.95. The Bertz CT molecular complexity index is 690. The van der Waals surface area contributed by atoms with Gasteiger partial charge in [-0.2, -0.15) is 0 Å². The van der Waals surface area contributed by atoms with E-state index in [0.29, 0.717) is 17.4 Å². The molecule has 2 aromatic rings. The van der Waals surface area contributed by atoms with Gasteiger partial charge in [0.15, 0.2) is 5.76 Å². The lowest BCUT2D eigenvalue weighted by Crippen LogP contribution is -2.50. The molecule has 0 bridgehead atoms. The van der Waals surface area contributed by atoms with E-state index in [4.69, 9.17) is 9.15 Å². The maximum Gasteiger partial charge on any atom is 0.287 e. The molecule has 2 unspecified atom stereocenters. The molecule has 1 amide bonds. The Kier molecular flexibility index (Phi) is 7.35. The van der Waals surface area contributed by atoms with Crippen LogP contribution in [0.1, 0.15) is 29.7 Å². The minimum absolute atomic E-state index is 0. The van der Waals surface area contributed by atoms with Crippen LogP contribution in [0.2, 0.25) is 0 Å². The van der Waals surface area contributed by atoms with Crippen LogP contribution in [0.15, 0.2) is 45.3 Å². The van der Waals surface area contributed by atoms with Crippen LogP contribution < -0.4 is 15.4 Å². The van der Waals surface area contributed by atoms with Crippen LogP contribution in [0, 0.1) is 5.92 Å². The lowest BCUT2D eigenvalue weighted by Gasteiger charge is -2.29. The highest BCUT2D eigenvalue weighted by Crippen LogP contribution is 2.18. The van der Waals surface area contributed by atoms with Crippen molar-refractivity contribution in [2.45, 2.75) is 26.0 Å². The van der Waals surface area contributed by atoms with Crippen LogP contribution in [-0.2, 0) is 6.61 Å². The standard InChI is InChI=1S/C18H21BrN2O3.ClH/c1-12-8-9-20-10-16(12)21-18(22)17-7-6-15(24-17)11-23-14-4-2-13(19)3-5-14;/h2-7,12,16,20H,8-11H2,1H3,(H,21,22);1H. The van der Waals surface area contributed by atoms with Gasteiger partial charge in [0.25, 0.3) is 5.91 Å². The van der Waals surface area contributed by atoms with Crippen LogP contribution in [-0.4, -0.2) is 25.0 Å². The molecule has 1 aromatic heterocycles. The van der Waals surface area contributed by atoms with Crippen molar-refractivity contribution >= 4 is 34.2 Å². The normalized spacial score (nSPS) is 19.8. The molecular weight excluding hydrogens is 408 g/mol. The van der Waals surface area contributed by atoms with E-state index in [1.807, 2.05) is 24.3 Å². The van der Waals surface area contributed by atoms with Crippen molar-refractivity contribution < 1.29 is 13.9 Å². The average molecular weight is 430 g/mol. The highest BCUT2D eigenvalue weighted by molar-refractivity contribution is 9.10. The molecule has 7 heteroatoms. The number of halogens is 2. The summed E-state index contributed by atoms with van der Waals surface area (Å²) in [5.74, 6) is 1.98. The highest BCUT2D eigenvalue weighted by atomic mass is 79.9. The summed E-state index contributed by atoms with van der Waals surface area (Å²) in [6.07, 6.45) is 1.06. The maximum absolute atomic E-state index is 12.3. The number of piperidine rings is 1. The van der Waals surface area contributed by atoms with Gasteiger partial charge in [0.2, 0.25) is 0 Å². The Morgan fingerprint density at radius 1 is 1.32 bits per heavy atom. The van der Waals surface area contributed by atoms with Gasteiger partial charge in [-0.15, -0.1) is 12.4 Å². The van der Waals surface area contributed by atoms with E-state index in [-0.39, 0.29) is 31.0 Å². The first-order chi connectivity index (χ1) is 11.6. The molecule has 2 N–H and O–H groups in total. The largest absolute Gasteiger partial charge is 0.486 e. The molecule has 0 aliphatic carbocycles. The van der Waals surface area contributed by atoms with Crippen LogP contribution in [0.25, 0.3) is 0 Å². The van der Waals surface area contributed by atoms with E-state index in [0.717, 1.165) is 29.7 Å². The number of nitrogens with one attached hydrogen (secondary N) is 2. The van der Waals surface area contributed by atoms with Crippen LogP contribution >= 0.6 is 28.3 Å². The molecule has 136 valence electrons. The van der Waals surface area contributed by atoms with Crippen molar-refractivity contribution in [1.82, 2.24) is 10.6 Å². The fraction of sp³-hybridized carbons (Fsp3) is 0.389. The number of hydrogen-bond acceptors (Lipinski definition) is 4. The lowest BCUT2D eigenvalue weighted by molar-refractivity contribution is 0.0883. The summed E-state index contributed by atoms with van der Waals surface area (Å²) < 4.78 is 12.3. The number of carbonyl (C=O) groups excluding carboxylic acids is 1. The molecule has 3 rings (SSSR count). The van der Waals surface area contributed by atoms with E-state index in [2.05, 4.69) is 33.5 Å². The predicted molar refractivity (Wildman–Crippen MR) is 102 cm³/mol. The van der Waals surface area contributed by atoms with Gasteiger partial charge in [-0.1, -0.05) is 22.9 Å². The Balaban J connectivity index is 0.00000225. The zero-order valence-electron chi connectivity index (χ0n) is 14.0. The molecule has 5 nitrogen and oxygen atoms in total. The summed E-state index contributed by atoms with van der Waals surface area (Å²) in [6.45, 7) is 4.25.